The molecule has 3 rings (SSSR count). The summed E-state index contributed by atoms with van der Waals surface area (Å²) >= 11 is 18.5. The fourth-order valence-electron chi connectivity index (χ4n) is 2.24. The van der Waals surface area contributed by atoms with Gasteiger partial charge in [0.15, 0.2) is 16.3 Å². The average molecular weight is 456 g/mol. The molecule has 0 aliphatic heterocycles. The van der Waals surface area contributed by atoms with E-state index in [1.54, 1.807) is 26.2 Å². The van der Waals surface area contributed by atoms with Crippen LogP contribution in [-0.2, 0) is 4.79 Å². The van der Waals surface area contributed by atoms with E-state index in [2.05, 4.69) is 15.6 Å². The van der Waals surface area contributed by atoms with Crippen molar-refractivity contribution < 1.29 is 14.3 Å². The predicted molar refractivity (Wildman–Crippen MR) is 117 cm³/mol. The van der Waals surface area contributed by atoms with E-state index in [-0.39, 0.29) is 5.11 Å². The van der Waals surface area contributed by atoms with Gasteiger partial charge in [-0.05, 0) is 55.5 Å². The first-order valence-electron chi connectivity index (χ1n) is 8.04. The van der Waals surface area contributed by atoms with Crippen LogP contribution in [0.2, 0.25) is 10.0 Å². The van der Waals surface area contributed by atoms with Crippen molar-refractivity contribution in [2.45, 2.75) is 13.0 Å². The van der Waals surface area contributed by atoms with Gasteiger partial charge in [-0.3, -0.25) is 10.1 Å². The normalized spacial score (nSPS) is 11.7. The molecule has 0 aliphatic rings. The lowest BCUT2D eigenvalue weighted by Gasteiger charge is -2.16. The van der Waals surface area contributed by atoms with Crippen LogP contribution in [0.4, 0.5) is 5.13 Å². The number of benzene rings is 2. The molecule has 1 heterocycles. The number of fused-ring (bicyclic) bond motifs is 1. The van der Waals surface area contributed by atoms with Crippen molar-refractivity contribution in [1.29, 1.82) is 0 Å². The highest BCUT2D eigenvalue weighted by Gasteiger charge is 2.18. The topological polar surface area (TPSA) is 72.5 Å². The SMILES string of the molecule is COc1ccc2nc(NC(=S)NC(=O)C(C)Oc3ccc(Cl)cc3Cl)sc2c1. The van der Waals surface area contributed by atoms with Gasteiger partial charge in [-0.1, -0.05) is 34.5 Å². The maximum absolute atomic E-state index is 12.3. The molecular formula is C18H15Cl2N3O3S2. The van der Waals surface area contributed by atoms with Crippen molar-refractivity contribution in [3.05, 3.63) is 46.4 Å². The summed E-state index contributed by atoms with van der Waals surface area (Å²) in [5.41, 5.74) is 0.802. The van der Waals surface area contributed by atoms with Gasteiger partial charge in [0.2, 0.25) is 0 Å². The van der Waals surface area contributed by atoms with Crippen LogP contribution in [-0.4, -0.2) is 29.2 Å². The lowest BCUT2D eigenvalue weighted by atomic mass is 10.3. The number of amides is 1. The minimum absolute atomic E-state index is 0.119. The third-order valence-corrected chi connectivity index (χ3v) is 5.29. The quantitative estimate of drug-likeness (QED) is 0.533. The molecule has 0 spiro atoms. The largest absolute Gasteiger partial charge is 0.497 e. The number of thiazole rings is 1. The van der Waals surface area contributed by atoms with Crippen LogP contribution in [0, 0.1) is 0 Å². The van der Waals surface area contributed by atoms with E-state index in [0.29, 0.717) is 20.9 Å². The van der Waals surface area contributed by atoms with Crippen LogP contribution in [0.5, 0.6) is 11.5 Å². The van der Waals surface area contributed by atoms with Gasteiger partial charge >= 0.3 is 0 Å². The number of hydrogen-bond acceptors (Lipinski definition) is 6. The molecule has 2 aromatic carbocycles. The lowest BCUT2D eigenvalue weighted by Crippen LogP contribution is -2.42. The Morgan fingerprint density at radius 1 is 1.25 bits per heavy atom. The van der Waals surface area contributed by atoms with Gasteiger partial charge in [0.1, 0.15) is 11.5 Å². The molecule has 1 amide bonds. The molecule has 0 bridgehead atoms. The van der Waals surface area contributed by atoms with E-state index in [1.807, 2.05) is 18.2 Å². The van der Waals surface area contributed by atoms with Crippen molar-refractivity contribution in [3.63, 3.8) is 0 Å². The maximum atomic E-state index is 12.3. The monoisotopic (exact) mass is 455 g/mol. The second kappa shape index (κ2) is 8.91. The Hall–Kier alpha value is -2.13. The van der Waals surface area contributed by atoms with Crippen LogP contribution in [0.25, 0.3) is 10.2 Å². The Morgan fingerprint density at radius 3 is 2.75 bits per heavy atom. The van der Waals surface area contributed by atoms with Gasteiger partial charge < -0.3 is 14.8 Å². The Bertz CT molecular complexity index is 1040. The number of rotatable bonds is 5. The van der Waals surface area contributed by atoms with Gasteiger partial charge in [-0.25, -0.2) is 4.98 Å². The molecule has 0 saturated heterocycles. The minimum Gasteiger partial charge on any atom is -0.497 e. The summed E-state index contributed by atoms with van der Waals surface area (Å²) in [6, 6.07) is 10.3. The molecule has 146 valence electrons. The van der Waals surface area contributed by atoms with Crippen molar-refractivity contribution in [1.82, 2.24) is 10.3 Å². The molecule has 0 fully saturated rings. The molecule has 2 N–H and O–H groups in total. The number of thiocarbonyl (C=S) groups is 1. The van der Waals surface area contributed by atoms with Crippen LogP contribution in [0.15, 0.2) is 36.4 Å². The van der Waals surface area contributed by atoms with Crippen LogP contribution in [0.3, 0.4) is 0 Å². The fraction of sp³-hybridized carbons (Fsp3) is 0.167. The zero-order chi connectivity index (χ0) is 20.3. The third-order valence-electron chi connectivity index (χ3n) is 3.62. The molecule has 1 aromatic heterocycles. The number of aromatic nitrogens is 1. The fourth-order valence-corrected chi connectivity index (χ4v) is 3.86. The van der Waals surface area contributed by atoms with Gasteiger partial charge in [0.25, 0.3) is 5.91 Å². The van der Waals surface area contributed by atoms with E-state index in [1.165, 1.54) is 17.4 Å². The molecule has 1 unspecified atom stereocenters. The number of ether oxygens (including phenoxy) is 2. The summed E-state index contributed by atoms with van der Waals surface area (Å²) in [7, 11) is 1.60. The molecule has 0 aliphatic carbocycles. The molecule has 1 atom stereocenters. The van der Waals surface area contributed by atoms with Gasteiger partial charge in [0.05, 0.1) is 22.3 Å². The van der Waals surface area contributed by atoms with Crippen molar-refractivity contribution in [2.24, 2.45) is 0 Å². The highest BCUT2D eigenvalue weighted by atomic mass is 35.5. The number of nitrogens with one attached hydrogen (secondary N) is 2. The minimum atomic E-state index is -0.821. The van der Waals surface area contributed by atoms with Crippen LogP contribution < -0.4 is 20.1 Å². The first-order chi connectivity index (χ1) is 13.4. The molecule has 6 nitrogen and oxygen atoms in total. The van der Waals surface area contributed by atoms with E-state index in [4.69, 9.17) is 44.9 Å². The number of nitrogens with zero attached hydrogens (tertiary/aromatic N) is 1. The molecule has 10 heteroatoms. The number of hydrogen-bond donors (Lipinski definition) is 2. The third kappa shape index (κ3) is 5.02. The number of carbonyl (C=O) groups excluding carboxylic acids is 1. The van der Waals surface area contributed by atoms with Crippen molar-refractivity contribution in [2.75, 3.05) is 12.4 Å². The lowest BCUT2D eigenvalue weighted by molar-refractivity contribution is -0.125. The van der Waals surface area contributed by atoms with Gasteiger partial charge in [-0.15, -0.1) is 0 Å². The summed E-state index contributed by atoms with van der Waals surface area (Å²) in [6.45, 7) is 1.59. The standard InChI is InChI=1S/C18H15Cl2N3O3S2/c1-9(26-14-6-3-10(19)7-12(14)20)16(24)22-17(27)23-18-21-13-5-4-11(25-2)8-15(13)28-18/h3-9H,1-2H3,(H2,21,22,23,24,27). The zero-order valence-electron chi connectivity index (χ0n) is 14.8. The van der Waals surface area contributed by atoms with Crippen LogP contribution in [0.1, 0.15) is 6.92 Å². The second-order valence-corrected chi connectivity index (χ2v) is 7.91. The molecule has 3 aromatic rings. The average Bonchev–Trinajstić information content (AvgIpc) is 3.04. The molecule has 0 saturated carbocycles. The Balaban J connectivity index is 1.59. The van der Waals surface area contributed by atoms with Crippen molar-refractivity contribution >= 4 is 73.1 Å². The Kier molecular flexibility index (Phi) is 6.56. The molecule has 28 heavy (non-hydrogen) atoms. The highest BCUT2D eigenvalue weighted by Crippen LogP contribution is 2.29. The number of carbonyl (C=O) groups is 1. The zero-order valence-corrected chi connectivity index (χ0v) is 17.9. The second-order valence-electron chi connectivity index (χ2n) is 5.63. The van der Waals surface area contributed by atoms with E-state index in [9.17, 15) is 4.79 Å². The smallest absolute Gasteiger partial charge is 0.266 e. The molecular weight excluding hydrogens is 441 g/mol. The first kappa shape index (κ1) is 20.6. The molecule has 0 radical (unpaired) electrons. The van der Waals surface area contributed by atoms with Crippen molar-refractivity contribution in [3.8, 4) is 11.5 Å². The summed E-state index contributed by atoms with van der Waals surface area (Å²) in [6.07, 6.45) is -0.821. The number of methoxy groups -OCH3 is 1. The highest BCUT2D eigenvalue weighted by molar-refractivity contribution is 7.80. The predicted octanol–water partition coefficient (Wildman–Crippen LogP) is 4.89. The van der Waals surface area contributed by atoms with Crippen LogP contribution >= 0.6 is 46.8 Å². The number of halogens is 2. The van der Waals surface area contributed by atoms with E-state index >= 15 is 0 Å². The summed E-state index contributed by atoms with van der Waals surface area (Å²) < 4.78 is 11.7. The van der Waals surface area contributed by atoms with E-state index < -0.39 is 12.0 Å². The summed E-state index contributed by atoms with van der Waals surface area (Å²) in [5, 5.41) is 6.95. The van der Waals surface area contributed by atoms with Gasteiger partial charge in [-0.2, -0.15) is 0 Å². The Labute approximate surface area is 180 Å². The Morgan fingerprint density at radius 2 is 2.04 bits per heavy atom. The van der Waals surface area contributed by atoms with E-state index in [0.717, 1.165) is 16.0 Å². The summed E-state index contributed by atoms with van der Waals surface area (Å²) in [5.74, 6) is 0.671. The maximum Gasteiger partial charge on any atom is 0.266 e. The first-order valence-corrected chi connectivity index (χ1v) is 10.0. The number of anilines is 1. The van der Waals surface area contributed by atoms with Gasteiger partial charge in [0, 0.05) is 5.02 Å². The summed E-state index contributed by atoms with van der Waals surface area (Å²) in [4.78, 5) is 16.7.